The predicted octanol–water partition coefficient (Wildman–Crippen LogP) is 12.6. The zero-order valence-electron chi connectivity index (χ0n) is 26.3. The highest BCUT2D eigenvalue weighted by molar-refractivity contribution is 7.26. The monoisotopic (exact) mass is 657 g/mol. The summed E-state index contributed by atoms with van der Waals surface area (Å²) in [6.45, 7) is 0. The summed E-state index contributed by atoms with van der Waals surface area (Å²) in [4.78, 5) is 10.9. The van der Waals surface area contributed by atoms with E-state index in [9.17, 15) is 0 Å². The third-order valence-corrected chi connectivity index (χ3v) is 11.4. The standard InChI is InChI=1S/C44H23N3O2S/c1-2-11-25-24(10-1)20-22-33-37(25)28-13-3-6-17-32(28)47(33)44-45-39-29-14-5-8-19-36(29)50-43(39)40(46-44)31-16-9-15-30-38-35(49-41(30)31)23-21-27-26-12-4-7-18-34(26)48-42(27)38/h1-23H. The molecule has 0 spiro atoms. The minimum atomic E-state index is 0.630. The molecule has 12 rings (SSSR count). The number of nitrogens with zero attached hydrogens (tertiary/aromatic N) is 3. The molecule has 0 N–H and O–H groups in total. The molecule has 0 atom stereocenters. The number of para-hydroxylation sites is 3. The number of rotatable bonds is 2. The van der Waals surface area contributed by atoms with Gasteiger partial charge in [0.2, 0.25) is 5.95 Å². The number of fused-ring (bicyclic) bond motifs is 15. The molecule has 232 valence electrons. The van der Waals surface area contributed by atoms with Crippen molar-refractivity contribution in [1.29, 1.82) is 0 Å². The summed E-state index contributed by atoms with van der Waals surface area (Å²) in [5.41, 5.74) is 8.13. The van der Waals surface area contributed by atoms with Crippen molar-refractivity contribution in [2.75, 3.05) is 0 Å². The van der Waals surface area contributed by atoms with Crippen molar-refractivity contribution in [3.8, 4) is 17.2 Å². The van der Waals surface area contributed by atoms with Gasteiger partial charge in [0.05, 0.1) is 32.3 Å². The Labute approximate surface area is 287 Å². The molecule has 7 aromatic carbocycles. The van der Waals surface area contributed by atoms with E-state index < -0.39 is 0 Å². The number of thiophene rings is 1. The zero-order chi connectivity index (χ0) is 32.5. The van der Waals surface area contributed by atoms with E-state index >= 15 is 0 Å². The second kappa shape index (κ2) is 9.56. The molecule has 50 heavy (non-hydrogen) atoms. The van der Waals surface area contributed by atoms with E-state index in [-0.39, 0.29) is 0 Å². The summed E-state index contributed by atoms with van der Waals surface area (Å²) in [5.74, 6) is 0.630. The van der Waals surface area contributed by atoms with Crippen molar-refractivity contribution >= 4 is 108 Å². The highest BCUT2D eigenvalue weighted by Crippen LogP contribution is 2.45. The lowest BCUT2D eigenvalue weighted by Crippen LogP contribution is -2.02. The molecule has 0 radical (unpaired) electrons. The van der Waals surface area contributed by atoms with E-state index in [0.29, 0.717) is 5.95 Å². The van der Waals surface area contributed by atoms with E-state index in [0.717, 1.165) is 81.8 Å². The fourth-order valence-corrected chi connectivity index (χ4v) is 9.21. The molecule has 0 fully saturated rings. The Morgan fingerprint density at radius 2 is 1.24 bits per heavy atom. The van der Waals surface area contributed by atoms with Gasteiger partial charge in [0.25, 0.3) is 0 Å². The fourth-order valence-electron chi connectivity index (χ4n) is 8.07. The van der Waals surface area contributed by atoms with Crippen molar-refractivity contribution < 1.29 is 8.83 Å². The van der Waals surface area contributed by atoms with E-state index in [4.69, 9.17) is 18.8 Å². The van der Waals surface area contributed by atoms with E-state index in [1.807, 2.05) is 12.1 Å². The Morgan fingerprint density at radius 1 is 0.480 bits per heavy atom. The first-order valence-electron chi connectivity index (χ1n) is 16.7. The molecule has 5 nitrogen and oxygen atoms in total. The first-order chi connectivity index (χ1) is 24.8. The predicted molar refractivity (Wildman–Crippen MR) is 207 cm³/mol. The Kier molecular flexibility index (Phi) is 5.06. The lowest BCUT2D eigenvalue weighted by molar-refractivity contribution is 0.663. The number of furan rings is 2. The molecule has 0 unspecified atom stereocenters. The van der Waals surface area contributed by atoms with E-state index in [1.165, 1.54) is 26.2 Å². The van der Waals surface area contributed by atoms with Crippen LogP contribution >= 0.6 is 11.3 Å². The molecule has 0 saturated heterocycles. The van der Waals surface area contributed by atoms with Crippen LogP contribution < -0.4 is 0 Å². The average molecular weight is 658 g/mol. The van der Waals surface area contributed by atoms with Crippen molar-refractivity contribution in [2.45, 2.75) is 0 Å². The minimum Gasteiger partial charge on any atom is -0.455 e. The third kappa shape index (κ3) is 3.40. The summed E-state index contributed by atoms with van der Waals surface area (Å²) in [6, 6.07) is 48.7. The second-order valence-electron chi connectivity index (χ2n) is 12.9. The first kappa shape index (κ1) is 26.5. The summed E-state index contributed by atoms with van der Waals surface area (Å²) in [6.07, 6.45) is 0. The Balaban J connectivity index is 1.21. The number of hydrogen-bond acceptors (Lipinski definition) is 5. The van der Waals surface area contributed by atoms with Crippen molar-refractivity contribution in [3.63, 3.8) is 0 Å². The fraction of sp³-hybridized carbons (Fsp3) is 0. The summed E-state index contributed by atoms with van der Waals surface area (Å²) in [7, 11) is 0. The lowest BCUT2D eigenvalue weighted by Gasteiger charge is -2.10. The largest absolute Gasteiger partial charge is 0.455 e. The number of hydrogen-bond donors (Lipinski definition) is 0. The van der Waals surface area contributed by atoms with Crippen LogP contribution in [0.1, 0.15) is 0 Å². The van der Waals surface area contributed by atoms with Crippen LogP contribution in [0.4, 0.5) is 0 Å². The molecule has 12 aromatic rings. The normalized spacial score (nSPS) is 12.4. The van der Waals surface area contributed by atoms with Crippen molar-refractivity contribution in [3.05, 3.63) is 140 Å². The van der Waals surface area contributed by atoms with Crippen LogP contribution in [0.5, 0.6) is 0 Å². The smallest absolute Gasteiger partial charge is 0.235 e. The zero-order valence-corrected chi connectivity index (χ0v) is 27.2. The molecular weight excluding hydrogens is 635 g/mol. The summed E-state index contributed by atoms with van der Waals surface area (Å²) < 4.78 is 17.7. The maximum atomic E-state index is 6.76. The molecule has 5 aromatic heterocycles. The molecule has 0 aliphatic rings. The van der Waals surface area contributed by atoms with Crippen LogP contribution in [0.25, 0.3) is 114 Å². The molecule has 5 heterocycles. The SMILES string of the molecule is c1ccc2c(c1)ccc1c2c2ccccc2n1-c1nc(-c2cccc3c2oc2ccc4c5ccccc5oc4c23)c2sc3ccccc3c2n1. The van der Waals surface area contributed by atoms with Crippen LogP contribution in [0.15, 0.2) is 148 Å². The summed E-state index contributed by atoms with van der Waals surface area (Å²) in [5, 5.41) is 10.1. The second-order valence-corrected chi connectivity index (χ2v) is 13.9. The Hall–Kier alpha value is -6.50. The van der Waals surface area contributed by atoms with Gasteiger partial charge in [-0.25, -0.2) is 9.97 Å². The molecule has 0 saturated carbocycles. The van der Waals surface area contributed by atoms with Gasteiger partial charge in [-0.3, -0.25) is 4.57 Å². The highest BCUT2D eigenvalue weighted by Gasteiger charge is 2.24. The van der Waals surface area contributed by atoms with Gasteiger partial charge in [0.1, 0.15) is 22.3 Å². The van der Waals surface area contributed by atoms with E-state index in [1.54, 1.807) is 11.3 Å². The van der Waals surface area contributed by atoms with Crippen LogP contribution in [-0.4, -0.2) is 14.5 Å². The van der Waals surface area contributed by atoms with Gasteiger partial charge in [0, 0.05) is 42.6 Å². The van der Waals surface area contributed by atoms with Gasteiger partial charge in [0.15, 0.2) is 0 Å². The minimum absolute atomic E-state index is 0.630. The van der Waals surface area contributed by atoms with Crippen molar-refractivity contribution in [2.24, 2.45) is 0 Å². The summed E-state index contributed by atoms with van der Waals surface area (Å²) >= 11 is 1.72. The topological polar surface area (TPSA) is 57.0 Å². The first-order valence-corrected chi connectivity index (χ1v) is 17.5. The van der Waals surface area contributed by atoms with Gasteiger partial charge < -0.3 is 8.83 Å². The van der Waals surface area contributed by atoms with Crippen LogP contribution in [0.3, 0.4) is 0 Å². The number of aromatic nitrogens is 3. The lowest BCUT2D eigenvalue weighted by atomic mass is 10.0. The molecule has 0 amide bonds. The molecule has 0 aliphatic carbocycles. The van der Waals surface area contributed by atoms with Crippen LogP contribution in [0.2, 0.25) is 0 Å². The molecular formula is C44H23N3O2S. The number of benzene rings is 7. The third-order valence-electron chi connectivity index (χ3n) is 10.2. The van der Waals surface area contributed by atoms with Gasteiger partial charge in [-0.15, -0.1) is 11.3 Å². The quantitative estimate of drug-likeness (QED) is 0.186. The Morgan fingerprint density at radius 3 is 2.18 bits per heavy atom. The molecule has 0 aliphatic heterocycles. The highest BCUT2D eigenvalue weighted by atomic mass is 32.1. The molecule has 6 heteroatoms. The maximum absolute atomic E-state index is 6.76. The van der Waals surface area contributed by atoms with Crippen LogP contribution in [-0.2, 0) is 0 Å². The van der Waals surface area contributed by atoms with Gasteiger partial charge >= 0.3 is 0 Å². The Bertz CT molecular complexity index is 3400. The molecule has 0 bridgehead atoms. The maximum Gasteiger partial charge on any atom is 0.235 e. The van der Waals surface area contributed by atoms with Gasteiger partial charge in [-0.05, 0) is 53.2 Å². The van der Waals surface area contributed by atoms with Gasteiger partial charge in [-0.2, -0.15) is 0 Å². The van der Waals surface area contributed by atoms with Gasteiger partial charge in [-0.1, -0.05) is 97.1 Å². The van der Waals surface area contributed by atoms with Crippen LogP contribution in [0, 0.1) is 0 Å². The van der Waals surface area contributed by atoms with Crippen molar-refractivity contribution in [1.82, 2.24) is 14.5 Å². The van der Waals surface area contributed by atoms with E-state index in [2.05, 4.69) is 132 Å². The average Bonchev–Trinajstić information content (AvgIpc) is 3.93.